The summed E-state index contributed by atoms with van der Waals surface area (Å²) in [5.74, 6) is -0.674. The van der Waals surface area contributed by atoms with Gasteiger partial charge in [-0.2, -0.15) is 0 Å². The SMILES string of the molecule is O=C(CSC1CC(=O)N(c2ccc(Cl)cc2)C1=O)Nc1ccccc1. The Bertz CT molecular complexity index is 796. The van der Waals surface area contributed by atoms with E-state index in [9.17, 15) is 14.4 Å². The fourth-order valence-corrected chi connectivity index (χ4v) is 3.55. The minimum Gasteiger partial charge on any atom is -0.325 e. The topological polar surface area (TPSA) is 66.5 Å². The monoisotopic (exact) mass is 374 g/mol. The van der Waals surface area contributed by atoms with Gasteiger partial charge in [-0.3, -0.25) is 14.4 Å². The molecule has 25 heavy (non-hydrogen) atoms. The Morgan fingerprint density at radius 2 is 1.80 bits per heavy atom. The third kappa shape index (κ3) is 4.21. The molecule has 0 radical (unpaired) electrons. The number of anilines is 2. The van der Waals surface area contributed by atoms with Crippen molar-refractivity contribution in [3.63, 3.8) is 0 Å². The van der Waals surface area contributed by atoms with E-state index < -0.39 is 5.25 Å². The lowest BCUT2D eigenvalue weighted by Crippen LogP contribution is -2.31. The first-order valence-corrected chi connectivity index (χ1v) is 9.06. The van der Waals surface area contributed by atoms with E-state index in [0.717, 1.165) is 4.90 Å². The number of imide groups is 1. The first-order chi connectivity index (χ1) is 12.0. The molecule has 0 aromatic heterocycles. The van der Waals surface area contributed by atoms with E-state index in [2.05, 4.69) is 5.32 Å². The molecule has 1 unspecified atom stereocenters. The molecule has 0 spiro atoms. The van der Waals surface area contributed by atoms with Gasteiger partial charge in [-0.15, -0.1) is 11.8 Å². The molecule has 1 aliphatic rings. The van der Waals surface area contributed by atoms with Gasteiger partial charge in [0, 0.05) is 17.1 Å². The van der Waals surface area contributed by atoms with E-state index in [0.29, 0.717) is 16.4 Å². The van der Waals surface area contributed by atoms with E-state index in [1.807, 2.05) is 18.2 Å². The zero-order valence-corrected chi connectivity index (χ0v) is 14.7. The molecule has 0 saturated carbocycles. The molecule has 128 valence electrons. The molecular weight excluding hydrogens is 360 g/mol. The maximum absolute atomic E-state index is 12.5. The van der Waals surface area contributed by atoms with Crippen LogP contribution in [0.4, 0.5) is 11.4 Å². The summed E-state index contributed by atoms with van der Waals surface area (Å²) in [6, 6.07) is 15.6. The van der Waals surface area contributed by atoms with E-state index in [4.69, 9.17) is 11.6 Å². The van der Waals surface area contributed by atoms with Crippen LogP contribution in [0.15, 0.2) is 54.6 Å². The first kappa shape index (κ1) is 17.5. The second kappa shape index (κ2) is 7.72. The van der Waals surface area contributed by atoms with E-state index >= 15 is 0 Å². The molecule has 1 heterocycles. The molecule has 3 amide bonds. The summed E-state index contributed by atoms with van der Waals surface area (Å²) in [6.07, 6.45) is 0.0880. The predicted molar refractivity (Wildman–Crippen MR) is 99.9 cm³/mol. The van der Waals surface area contributed by atoms with Gasteiger partial charge < -0.3 is 5.32 Å². The summed E-state index contributed by atoms with van der Waals surface area (Å²) in [5, 5.41) is 2.74. The standard InChI is InChI=1S/C18H15ClN2O3S/c19-12-6-8-14(9-7-12)21-17(23)10-15(18(21)24)25-11-16(22)20-13-4-2-1-3-5-13/h1-9,15H,10-11H2,(H,20,22). The summed E-state index contributed by atoms with van der Waals surface area (Å²) < 4.78 is 0. The van der Waals surface area contributed by atoms with Crippen LogP contribution in [0.25, 0.3) is 0 Å². The zero-order valence-electron chi connectivity index (χ0n) is 13.1. The number of rotatable bonds is 5. The first-order valence-electron chi connectivity index (χ1n) is 7.63. The molecule has 1 N–H and O–H groups in total. The van der Waals surface area contributed by atoms with Crippen LogP contribution in [0.2, 0.25) is 5.02 Å². The van der Waals surface area contributed by atoms with Gasteiger partial charge in [-0.05, 0) is 36.4 Å². The Labute approximate surface area is 154 Å². The summed E-state index contributed by atoms with van der Waals surface area (Å²) in [6.45, 7) is 0. The average molecular weight is 375 g/mol. The number of amides is 3. The van der Waals surface area contributed by atoms with Crippen molar-refractivity contribution in [2.24, 2.45) is 0 Å². The van der Waals surface area contributed by atoms with Gasteiger partial charge in [-0.1, -0.05) is 29.8 Å². The predicted octanol–water partition coefficient (Wildman–Crippen LogP) is 3.34. The highest BCUT2D eigenvalue weighted by Crippen LogP contribution is 2.30. The Morgan fingerprint density at radius 1 is 1.12 bits per heavy atom. The molecule has 1 saturated heterocycles. The normalized spacial score (nSPS) is 17.0. The smallest absolute Gasteiger partial charge is 0.247 e. The van der Waals surface area contributed by atoms with Crippen LogP contribution in [0.3, 0.4) is 0 Å². The fourth-order valence-electron chi connectivity index (χ4n) is 2.49. The maximum Gasteiger partial charge on any atom is 0.247 e. The van der Waals surface area contributed by atoms with E-state index in [1.165, 1.54) is 11.8 Å². The number of para-hydroxylation sites is 1. The van der Waals surface area contributed by atoms with Gasteiger partial charge in [0.2, 0.25) is 17.7 Å². The summed E-state index contributed by atoms with van der Waals surface area (Å²) in [5.41, 5.74) is 1.20. The van der Waals surface area contributed by atoms with Crippen molar-refractivity contribution in [2.45, 2.75) is 11.7 Å². The third-order valence-corrected chi connectivity index (χ3v) is 5.11. The van der Waals surface area contributed by atoms with Crippen LogP contribution >= 0.6 is 23.4 Å². The lowest BCUT2D eigenvalue weighted by molar-refractivity contribution is -0.121. The molecule has 0 bridgehead atoms. The second-order valence-electron chi connectivity index (χ2n) is 5.46. The lowest BCUT2D eigenvalue weighted by atomic mass is 10.3. The van der Waals surface area contributed by atoms with Crippen LogP contribution < -0.4 is 10.2 Å². The molecule has 5 nitrogen and oxygen atoms in total. The van der Waals surface area contributed by atoms with E-state index in [-0.39, 0.29) is 29.9 Å². The van der Waals surface area contributed by atoms with Crippen molar-refractivity contribution in [1.29, 1.82) is 0 Å². The van der Waals surface area contributed by atoms with Crippen LogP contribution in [0, 0.1) is 0 Å². The highest BCUT2D eigenvalue weighted by molar-refractivity contribution is 8.01. The molecule has 2 aromatic rings. The Hall–Kier alpha value is -2.31. The number of nitrogens with zero attached hydrogens (tertiary/aromatic N) is 1. The molecule has 3 rings (SSSR count). The van der Waals surface area contributed by atoms with Crippen molar-refractivity contribution in [2.75, 3.05) is 16.0 Å². The van der Waals surface area contributed by atoms with E-state index in [1.54, 1.807) is 36.4 Å². The number of hydrogen-bond donors (Lipinski definition) is 1. The minimum absolute atomic E-state index is 0.0880. The largest absolute Gasteiger partial charge is 0.325 e. The number of benzene rings is 2. The molecule has 2 aromatic carbocycles. The van der Waals surface area contributed by atoms with Gasteiger partial charge in [-0.25, -0.2) is 4.90 Å². The number of thioether (sulfide) groups is 1. The number of halogens is 1. The Morgan fingerprint density at radius 3 is 2.48 bits per heavy atom. The zero-order chi connectivity index (χ0) is 17.8. The number of nitrogens with one attached hydrogen (secondary N) is 1. The van der Waals surface area contributed by atoms with Crippen molar-refractivity contribution >= 4 is 52.5 Å². The Balaban J connectivity index is 1.59. The number of carbonyl (C=O) groups excluding carboxylic acids is 3. The summed E-state index contributed by atoms with van der Waals surface area (Å²) in [4.78, 5) is 37.8. The fraction of sp³-hybridized carbons (Fsp3) is 0.167. The molecule has 1 aliphatic heterocycles. The van der Waals surface area contributed by atoms with Gasteiger partial charge >= 0.3 is 0 Å². The van der Waals surface area contributed by atoms with Crippen LogP contribution in [-0.2, 0) is 14.4 Å². The highest BCUT2D eigenvalue weighted by Gasteiger charge is 2.40. The van der Waals surface area contributed by atoms with Crippen molar-refractivity contribution in [3.8, 4) is 0 Å². The number of carbonyl (C=O) groups is 3. The molecule has 1 atom stereocenters. The Kier molecular flexibility index (Phi) is 5.40. The highest BCUT2D eigenvalue weighted by atomic mass is 35.5. The summed E-state index contributed by atoms with van der Waals surface area (Å²) in [7, 11) is 0. The molecule has 1 fully saturated rings. The van der Waals surface area contributed by atoms with Gasteiger partial charge in [0.1, 0.15) is 0 Å². The lowest BCUT2D eigenvalue weighted by Gasteiger charge is -2.15. The molecular formula is C18H15ClN2O3S. The van der Waals surface area contributed by atoms with Crippen LogP contribution in [0.1, 0.15) is 6.42 Å². The van der Waals surface area contributed by atoms with Crippen LogP contribution in [-0.4, -0.2) is 28.7 Å². The average Bonchev–Trinajstić information content (AvgIpc) is 2.89. The second-order valence-corrected chi connectivity index (χ2v) is 7.09. The van der Waals surface area contributed by atoms with Crippen molar-refractivity contribution in [1.82, 2.24) is 0 Å². The summed E-state index contributed by atoms with van der Waals surface area (Å²) >= 11 is 7.01. The van der Waals surface area contributed by atoms with Crippen LogP contribution in [0.5, 0.6) is 0 Å². The maximum atomic E-state index is 12.5. The van der Waals surface area contributed by atoms with Gasteiger partial charge in [0.25, 0.3) is 0 Å². The minimum atomic E-state index is -0.551. The molecule has 7 heteroatoms. The quantitative estimate of drug-likeness (QED) is 0.815. The number of hydrogen-bond acceptors (Lipinski definition) is 4. The third-order valence-electron chi connectivity index (χ3n) is 3.66. The van der Waals surface area contributed by atoms with Gasteiger partial charge in [0.15, 0.2) is 0 Å². The molecule has 0 aliphatic carbocycles. The van der Waals surface area contributed by atoms with Crippen molar-refractivity contribution < 1.29 is 14.4 Å². The van der Waals surface area contributed by atoms with Crippen molar-refractivity contribution in [3.05, 3.63) is 59.6 Å². The van der Waals surface area contributed by atoms with Gasteiger partial charge in [0.05, 0.1) is 16.7 Å².